The topological polar surface area (TPSA) is 75.7 Å². The van der Waals surface area contributed by atoms with Crippen LogP contribution in [-0.4, -0.2) is 28.0 Å². The van der Waals surface area contributed by atoms with Crippen LogP contribution in [0.3, 0.4) is 0 Å². The van der Waals surface area contributed by atoms with Crippen molar-refractivity contribution in [3.63, 3.8) is 0 Å². The zero-order valence-electron chi connectivity index (χ0n) is 15.8. The van der Waals surface area contributed by atoms with E-state index >= 15 is 0 Å². The van der Waals surface area contributed by atoms with Crippen LogP contribution in [0.1, 0.15) is 30.4 Å². The van der Waals surface area contributed by atoms with Crippen LogP contribution in [0.5, 0.6) is 5.75 Å². The molecule has 1 N–H and O–H groups in total. The molecule has 1 aliphatic heterocycles. The third-order valence-corrected chi connectivity index (χ3v) is 6.21. The minimum absolute atomic E-state index is 0.0220. The fraction of sp³-hybridized carbons (Fsp3) is 0.350. The van der Waals surface area contributed by atoms with Crippen LogP contribution in [0.15, 0.2) is 41.3 Å². The number of hydrogen-bond acceptors (Lipinski definition) is 4. The first-order valence-corrected chi connectivity index (χ1v) is 10.4. The van der Waals surface area contributed by atoms with Gasteiger partial charge in [0.1, 0.15) is 5.75 Å². The lowest BCUT2D eigenvalue weighted by atomic mass is 10.1. The number of methoxy groups -OCH3 is 1. The number of nitrogens with zero attached hydrogens (tertiary/aromatic N) is 1. The van der Waals surface area contributed by atoms with Gasteiger partial charge in [0.25, 0.3) is 10.0 Å². The number of sulfonamides is 1. The first kappa shape index (κ1) is 19.2. The molecule has 7 heteroatoms. The highest BCUT2D eigenvalue weighted by atomic mass is 32.2. The quantitative estimate of drug-likeness (QED) is 0.849. The molecule has 0 atom stereocenters. The van der Waals surface area contributed by atoms with Gasteiger partial charge in [0.15, 0.2) is 0 Å². The van der Waals surface area contributed by atoms with Crippen molar-refractivity contribution < 1.29 is 17.9 Å². The van der Waals surface area contributed by atoms with Gasteiger partial charge in [0.2, 0.25) is 5.91 Å². The predicted octanol–water partition coefficient (Wildman–Crippen LogP) is 3.63. The van der Waals surface area contributed by atoms with Gasteiger partial charge in [0, 0.05) is 13.0 Å². The van der Waals surface area contributed by atoms with Gasteiger partial charge in [-0.1, -0.05) is 6.07 Å². The van der Waals surface area contributed by atoms with E-state index in [2.05, 4.69) is 4.72 Å². The molecule has 1 saturated heterocycles. The Balaban J connectivity index is 1.94. The number of nitrogens with one attached hydrogen (secondary N) is 1. The monoisotopic (exact) mass is 388 g/mol. The fourth-order valence-corrected chi connectivity index (χ4v) is 4.25. The van der Waals surface area contributed by atoms with Crippen LogP contribution in [-0.2, 0) is 14.8 Å². The lowest BCUT2D eigenvalue weighted by molar-refractivity contribution is -0.119. The average molecular weight is 388 g/mol. The molecule has 6 nitrogen and oxygen atoms in total. The van der Waals surface area contributed by atoms with E-state index in [1.54, 1.807) is 41.3 Å². The van der Waals surface area contributed by atoms with Crippen LogP contribution in [0.2, 0.25) is 0 Å². The minimum atomic E-state index is -3.73. The molecule has 0 aliphatic carbocycles. The van der Waals surface area contributed by atoms with Crippen molar-refractivity contribution in [2.24, 2.45) is 0 Å². The van der Waals surface area contributed by atoms with E-state index in [0.717, 1.165) is 24.0 Å². The molecule has 144 valence electrons. The number of benzene rings is 2. The Morgan fingerprint density at radius 1 is 1.04 bits per heavy atom. The Morgan fingerprint density at radius 2 is 1.81 bits per heavy atom. The minimum Gasteiger partial charge on any atom is -0.495 e. The summed E-state index contributed by atoms with van der Waals surface area (Å²) in [5.74, 6) is 0.563. The number of aryl methyl sites for hydroxylation is 2. The number of piperidine rings is 1. The molecule has 0 radical (unpaired) electrons. The number of amides is 1. The smallest absolute Gasteiger partial charge is 0.261 e. The van der Waals surface area contributed by atoms with Crippen molar-refractivity contribution in [1.82, 2.24) is 0 Å². The summed E-state index contributed by atoms with van der Waals surface area (Å²) in [4.78, 5) is 14.2. The van der Waals surface area contributed by atoms with Gasteiger partial charge in [-0.3, -0.25) is 9.52 Å². The molecule has 1 fully saturated rings. The second kappa shape index (κ2) is 7.60. The number of anilines is 2. The molecule has 1 heterocycles. The number of carbonyl (C=O) groups is 1. The van der Waals surface area contributed by atoms with Crippen molar-refractivity contribution in [3.05, 3.63) is 47.5 Å². The van der Waals surface area contributed by atoms with Crippen LogP contribution >= 0.6 is 0 Å². The lowest BCUT2D eigenvalue weighted by Gasteiger charge is -2.28. The second-order valence-electron chi connectivity index (χ2n) is 6.74. The van der Waals surface area contributed by atoms with Crippen molar-refractivity contribution >= 4 is 27.3 Å². The standard InChI is InChI=1S/C20H24N2O4S/c1-14-7-9-17(12-15(14)2)27(24,25)21-16-8-10-19(26-3)18(13-16)22-11-5-4-6-20(22)23/h7-10,12-13,21H,4-6,11H2,1-3H3. The second-order valence-corrected chi connectivity index (χ2v) is 8.42. The van der Waals surface area contributed by atoms with Crippen LogP contribution in [0.25, 0.3) is 0 Å². The van der Waals surface area contributed by atoms with Gasteiger partial charge < -0.3 is 9.64 Å². The van der Waals surface area contributed by atoms with Crippen LogP contribution in [0.4, 0.5) is 11.4 Å². The molecular weight excluding hydrogens is 364 g/mol. The molecule has 0 bridgehead atoms. The summed E-state index contributed by atoms with van der Waals surface area (Å²) >= 11 is 0. The number of ether oxygens (including phenoxy) is 1. The van der Waals surface area contributed by atoms with E-state index in [-0.39, 0.29) is 10.8 Å². The Kier molecular flexibility index (Phi) is 5.41. The Bertz CT molecular complexity index is 970. The third kappa shape index (κ3) is 4.08. The summed E-state index contributed by atoms with van der Waals surface area (Å²) in [5.41, 5.74) is 2.92. The maximum absolute atomic E-state index is 12.7. The molecule has 2 aromatic carbocycles. The van der Waals surface area contributed by atoms with Gasteiger partial charge in [-0.15, -0.1) is 0 Å². The zero-order valence-corrected chi connectivity index (χ0v) is 16.6. The summed E-state index contributed by atoms with van der Waals surface area (Å²) in [6.45, 7) is 4.41. The van der Waals surface area contributed by atoms with Gasteiger partial charge in [-0.05, 0) is 68.1 Å². The number of hydrogen-bond donors (Lipinski definition) is 1. The zero-order chi connectivity index (χ0) is 19.6. The Hall–Kier alpha value is -2.54. The lowest BCUT2D eigenvalue weighted by Crippen LogP contribution is -2.35. The molecule has 1 amide bonds. The molecule has 27 heavy (non-hydrogen) atoms. The summed E-state index contributed by atoms with van der Waals surface area (Å²) in [6, 6.07) is 9.99. The SMILES string of the molecule is COc1ccc(NS(=O)(=O)c2ccc(C)c(C)c2)cc1N1CCCCC1=O. The van der Waals surface area contributed by atoms with E-state index in [1.165, 1.54) is 7.11 Å². The molecule has 3 rings (SSSR count). The fourth-order valence-electron chi connectivity index (χ4n) is 3.12. The first-order valence-electron chi connectivity index (χ1n) is 8.90. The van der Waals surface area contributed by atoms with Gasteiger partial charge in [-0.2, -0.15) is 0 Å². The summed E-state index contributed by atoms with van der Waals surface area (Å²) < 4.78 is 33.5. The maximum Gasteiger partial charge on any atom is 0.261 e. The van der Waals surface area contributed by atoms with E-state index in [9.17, 15) is 13.2 Å². The largest absolute Gasteiger partial charge is 0.495 e. The third-order valence-electron chi connectivity index (χ3n) is 4.83. The first-order chi connectivity index (χ1) is 12.8. The van der Waals surface area contributed by atoms with E-state index in [4.69, 9.17) is 4.74 Å². The van der Waals surface area contributed by atoms with Crippen molar-refractivity contribution in [2.45, 2.75) is 38.0 Å². The molecule has 0 aromatic heterocycles. The molecule has 2 aromatic rings. The van der Waals surface area contributed by atoms with Crippen molar-refractivity contribution in [1.29, 1.82) is 0 Å². The average Bonchev–Trinajstić information content (AvgIpc) is 2.64. The normalized spacial score (nSPS) is 14.9. The van der Waals surface area contributed by atoms with Crippen molar-refractivity contribution in [3.8, 4) is 5.75 Å². The van der Waals surface area contributed by atoms with Crippen LogP contribution < -0.4 is 14.4 Å². The molecule has 0 spiro atoms. The number of carbonyl (C=O) groups excluding carboxylic acids is 1. The Labute approximate surface area is 160 Å². The predicted molar refractivity (Wildman–Crippen MR) is 106 cm³/mol. The summed E-state index contributed by atoms with van der Waals surface area (Å²) in [5, 5.41) is 0. The highest BCUT2D eigenvalue weighted by Crippen LogP contribution is 2.34. The summed E-state index contributed by atoms with van der Waals surface area (Å²) in [6.07, 6.45) is 2.27. The maximum atomic E-state index is 12.7. The highest BCUT2D eigenvalue weighted by molar-refractivity contribution is 7.92. The van der Waals surface area contributed by atoms with E-state index in [1.807, 2.05) is 13.8 Å². The molecule has 1 aliphatic rings. The number of rotatable bonds is 5. The van der Waals surface area contributed by atoms with Gasteiger partial charge in [-0.25, -0.2) is 8.42 Å². The van der Waals surface area contributed by atoms with E-state index in [0.29, 0.717) is 30.1 Å². The van der Waals surface area contributed by atoms with Gasteiger partial charge >= 0.3 is 0 Å². The van der Waals surface area contributed by atoms with Crippen LogP contribution in [0, 0.1) is 13.8 Å². The Morgan fingerprint density at radius 3 is 2.48 bits per heavy atom. The summed E-state index contributed by atoms with van der Waals surface area (Å²) in [7, 11) is -2.19. The van der Waals surface area contributed by atoms with Gasteiger partial charge in [0.05, 0.1) is 23.4 Å². The molecular formula is C20H24N2O4S. The van der Waals surface area contributed by atoms with E-state index < -0.39 is 10.0 Å². The highest BCUT2D eigenvalue weighted by Gasteiger charge is 2.24. The van der Waals surface area contributed by atoms with Crippen molar-refractivity contribution in [2.75, 3.05) is 23.3 Å². The molecule has 0 saturated carbocycles. The molecule has 0 unspecified atom stereocenters.